The molecule has 1 aromatic carbocycles. The van der Waals surface area contributed by atoms with Gasteiger partial charge in [0.2, 0.25) is 0 Å². The van der Waals surface area contributed by atoms with Crippen LogP contribution >= 0.6 is 0 Å². The van der Waals surface area contributed by atoms with Gasteiger partial charge in [0.15, 0.2) is 0 Å². The SMILES string of the molecule is Cc1ccc2c(c1C)N(C(=O)C(F)(F)F)[C@H](C(=O)O)[C@@H]1CC=C[C@H]21. The fraction of sp³-hybridized carbons (Fsp3) is 0.412. The summed E-state index contributed by atoms with van der Waals surface area (Å²) in [6.07, 6.45) is -1.22. The summed E-state index contributed by atoms with van der Waals surface area (Å²) in [5, 5.41) is 9.57. The lowest BCUT2D eigenvalue weighted by Crippen LogP contribution is -2.57. The molecule has 1 heterocycles. The summed E-state index contributed by atoms with van der Waals surface area (Å²) < 4.78 is 39.4. The third kappa shape index (κ3) is 2.30. The fourth-order valence-corrected chi connectivity index (χ4v) is 3.73. The van der Waals surface area contributed by atoms with Crippen molar-refractivity contribution in [3.05, 3.63) is 41.0 Å². The van der Waals surface area contributed by atoms with E-state index in [1.807, 2.05) is 6.08 Å². The number of halogens is 3. The second kappa shape index (κ2) is 5.36. The minimum absolute atomic E-state index is 0.0810. The van der Waals surface area contributed by atoms with E-state index in [4.69, 9.17) is 0 Å². The van der Waals surface area contributed by atoms with Crippen molar-refractivity contribution in [1.29, 1.82) is 0 Å². The summed E-state index contributed by atoms with van der Waals surface area (Å²) in [5.74, 6) is -4.44. The second-order valence-corrected chi connectivity index (χ2v) is 6.25. The Kier molecular flexibility index (Phi) is 3.69. The quantitative estimate of drug-likeness (QED) is 0.799. The van der Waals surface area contributed by atoms with E-state index in [0.717, 1.165) is 0 Å². The van der Waals surface area contributed by atoms with Gasteiger partial charge in [-0.1, -0.05) is 24.3 Å². The van der Waals surface area contributed by atoms with E-state index in [1.165, 1.54) is 0 Å². The van der Waals surface area contributed by atoms with Crippen LogP contribution in [0.25, 0.3) is 0 Å². The predicted octanol–water partition coefficient (Wildman–Crippen LogP) is 3.33. The second-order valence-electron chi connectivity index (χ2n) is 6.25. The summed E-state index contributed by atoms with van der Waals surface area (Å²) in [5.41, 5.74) is 1.86. The zero-order chi connectivity index (χ0) is 17.8. The molecule has 128 valence electrons. The van der Waals surface area contributed by atoms with Crippen LogP contribution in [0.4, 0.5) is 18.9 Å². The van der Waals surface area contributed by atoms with Crippen molar-refractivity contribution < 1.29 is 27.9 Å². The van der Waals surface area contributed by atoms with Gasteiger partial charge >= 0.3 is 18.1 Å². The van der Waals surface area contributed by atoms with Crippen molar-refractivity contribution in [2.24, 2.45) is 5.92 Å². The standard InChI is InChI=1S/C17H16F3NO3/c1-8-6-7-12-10-4-3-5-11(10)14(15(22)23)21(13(12)9(8)2)16(24)17(18,19)20/h3-4,6-7,10-11,14H,5H2,1-2H3,(H,22,23)/t10-,11+,14-/m0/s1. The molecule has 0 saturated heterocycles. The van der Waals surface area contributed by atoms with Crippen LogP contribution in [-0.2, 0) is 9.59 Å². The van der Waals surface area contributed by atoms with Crippen LogP contribution in [-0.4, -0.2) is 29.2 Å². The van der Waals surface area contributed by atoms with Crippen LogP contribution in [0.3, 0.4) is 0 Å². The molecule has 2 aliphatic rings. The first kappa shape index (κ1) is 16.5. The lowest BCUT2D eigenvalue weighted by Gasteiger charge is -2.43. The molecular formula is C17H16F3NO3. The molecule has 0 spiro atoms. The van der Waals surface area contributed by atoms with Gasteiger partial charge in [0.05, 0.1) is 5.69 Å². The highest BCUT2D eigenvalue weighted by molar-refractivity contribution is 6.04. The number of carbonyl (C=O) groups excluding carboxylic acids is 1. The lowest BCUT2D eigenvalue weighted by molar-refractivity contribution is -0.172. The van der Waals surface area contributed by atoms with Gasteiger partial charge in [-0.25, -0.2) is 4.79 Å². The summed E-state index contributed by atoms with van der Waals surface area (Å²) in [6, 6.07) is 1.95. The summed E-state index contributed by atoms with van der Waals surface area (Å²) in [6.45, 7) is 3.33. The molecule has 3 atom stereocenters. The minimum Gasteiger partial charge on any atom is -0.480 e. The van der Waals surface area contributed by atoms with Gasteiger partial charge in [-0.05, 0) is 37.0 Å². The molecule has 1 amide bonds. The number of allylic oxidation sites excluding steroid dienone is 2. The van der Waals surface area contributed by atoms with Gasteiger partial charge in [0, 0.05) is 11.8 Å². The number of hydrogen-bond donors (Lipinski definition) is 1. The molecule has 0 saturated carbocycles. The first-order chi connectivity index (χ1) is 11.1. The molecule has 0 radical (unpaired) electrons. The van der Waals surface area contributed by atoms with Gasteiger partial charge in [0.25, 0.3) is 0 Å². The Labute approximate surface area is 136 Å². The van der Waals surface area contributed by atoms with Crippen LogP contribution in [0.5, 0.6) is 0 Å². The van der Waals surface area contributed by atoms with Gasteiger partial charge in [-0.15, -0.1) is 0 Å². The zero-order valence-electron chi connectivity index (χ0n) is 13.1. The number of carbonyl (C=O) groups is 2. The molecule has 0 aromatic heterocycles. The number of benzene rings is 1. The largest absolute Gasteiger partial charge is 0.480 e. The number of hydrogen-bond acceptors (Lipinski definition) is 2. The van der Waals surface area contributed by atoms with Gasteiger partial charge < -0.3 is 5.11 Å². The molecule has 1 aliphatic heterocycles. The first-order valence-corrected chi connectivity index (χ1v) is 7.54. The lowest BCUT2D eigenvalue weighted by atomic mass is 9.76. The van der Waals surface area contributed by atoms with E-state index in [2.05, 4.69) is 0 Å². The maximum Gasteiger partial charge on any atom is 0.471 e. The van der Waals surface area contributed by atoms with Crippen molar-refractivity contribution in [3.8, 4) is 0 Å². The van der Waals surface area contributed by atoms with Crippen LogP contribution in [0, 0.1) is 19.8 Å². The molecular weight excluding hydrogens is 323 g/mol. The molecule has 0 fully saturated rings. The Morgan fingerprint density at radius 1 is 1.25 bits per heavy atom. The number of carboxylic acids is 1. The van der Waals surface area contributed by atoms with E-state index in [9.17, 15) is 27.9 Å². The Hall–Kier alpha value is -2.31. The van der Waals surface area contributed by atoms with Crippen molar-refractivity contribution in [3.63, 3.8) is 0 Å². The van der Waals surface area contributed by atoms with Crippen LogP contribution in [0.1, 0.15) is 29.0 Å². The van der Waals surface area contributed by atoms with Gasteiger partial charge in [-0.3, -0.25) is 9.69 Å². The average molecular weight is 339 g/mol. The Bertz CT molecular complexity index is 754. The summed E-state index contributed by atoms with van der Waals surface area (Å²) in [4.78, 5) is 24.3. The minimum atomic E-state index is -5.14. The number of amides is 1. The molecule has 3 rings (SSSR count). The Morgan fingerprint density at radius 2 is 1.92 bits per heavy atom. The summed E-state index contributed by atoms with van der Waals surface area (Å²) >= 11 is 0. The smallest absolute Gasteiger partial charge is 0.471 e. The monoisotopic (exact) mass is 339 g/mol. The highest BCUT2D eigenvalue weighted by atomic mass is 19.4. The zero-order valence-corrected chi connectivity index (χ0v) is 13.1. The van der Waals surface area contributed by atoms with E-state index >= 15 is 0 Å². The third-order valence-electron chi connectivity index (χ3n) is 4.94. The molecule has 4 nitrogen and oxygen atoms in total. The maximum absolute atomic E-state index is 13.1. The van der Waals surface area contributed by atoms with E-state index in [0.29, 0.717) is 28.0 Å². The van der Waals surface area contributed by atoms with Crippen molar-refractivity contribution in [2.45, 2.75) is 38.4 Å². The predicted molar refractivity (Wildman–Crippen MR) is 80.9 cm³/mol. The van der Waals surface area contributed by atoms with Crippen molar-refractivity contribution in [2.75, 3.05) is 4.90 Å². The van der Waals surface area contributed by atoms with Crippen LogP contribution in [0.2, 0.25) is 0 Å². The number of nitrogens with zero attached hydrogens (tertiary/aromatic N) is 1. The van der Waals surface area contributed by atoms with Crippen LogP contribution in [0.15, 0.2) is 24.3 Å². The highest BCUT2D eigenvalue weighted by Gasteiger charge is 2.54. The maximum atomic E-state index is 13.1. The molecule has 7 heteroatoms. The first-order valence-electron chi connectivity index (χ1n) is 7.54. The number of rotatable bonds is 1. The molecule has 0 bridgehead atoms. The topological polar surface area (TPSA) is 57.6 Å². The van der Waals surface area contributed by atoms with E-state index in [1.54, 1.807) is 32.1 Å². The molecule has 1 aromatic rings. The highest BCUT2D eigenvalue weighted by Crippen LogP contribution is 2.50. The van der Waals surface area contributed by atoms with E-state index in [-0.39, 0.29) is 11.6 Å². The number of alkyl halides is 3. The molecule has 24 heavy (non-hydrogen) atoms. The Balaban J connectivity index is 2.29. The number of fused-ring (bicyclic) bond motifs is 3. The van der Waals surface area contributed by atoms with Crippen LogP contribution < -0.4 is 4.90 Å². The van der Waals surface area contributed by atoms with Crippen molar-refractivity contribution >= 4 is 17.6 Å². The third-order valence-corrected chi connectivity index (χ3v) is 4.94. The Morgan fingerprint density at radius 3 is 2.50 bits per heavy atom. The van der Waals surface area contributed by atoms with Gasteiger partial charge in [0.1, 0.15) is 6.04 Å². The van der Waals surface area contributed by atoms with E-state index < -0.39 is 30.0 Å². The number of anilines is 1. The fourth-order valence-electron chi connectivity index (χ4n) is 3.73. The normalized spacial score (nSPS) is 25.4. The number of carboxylic acid groups (broad SMARTS) is 1. The average Bonchev–Trinajstić information content (AvgIpc) is 2.96. The van der Waals surface area contributed by atoms with Gasteiger partial charge in [-0.2, -0.15) is 13.2 Å². The number of aryl methyl sites for hydroxylation is 1. The summed E-state index contributed by atoms with van der Waals surface area (Å²) in [7, 11) is 0. The van der Waals surface area contributed by atoms with Crippen molar-refractivity contribution in [1.82, 2.24) is 0 Å². The molecule has 1 N–H and O–H groups in total. The molecule has 0 unspecified atom stereocenters. The number of aliphatic carboxylic acids is 1. The molecule has 1 aliphatic carbocycles.